The molecule has 1 unspecified atom stereocenters. The fourth-order valence-corrected chi connectivity index (χ4v) is 1.91. The van der Waals surface area contributed by atoms with Crippen molar-refractivity contribution >= 4 is 11.7 Å². The Kier molecular flexibility index (Phi) is 4.47. The van der Waals surface area contributed by atoms with Gasteiger partial charge in [0, 0.05) is 6.54 Å². The Hall–Kier alpha value is -2.50. The van der Waals surface area contributed by atoms with Crippen LogP contribution in [0.2, 0.25) is 0 Å². The summed E-state index contributed by atoms with van der Waals surface area (Å²) in [7, 11) is 0. The Labute approximate surface area is 119 Å². The molecule has 2 aromatic rings. The summed E-state index contributed by atoms with van der Waals surface area (Å²) in [4.78, 5) is 11.3. The maximum atomic E-state index is 13.5. The Morgan fingerprint density at radius 2 is 1.71 bits per heavy atom. The zero-order valence-electron chi connectivity index (χ0n) is 10.8. The second-order valence-corrected chi connectivity index (χ2v) is 4.41. The predicted octanol–water partition coefficient (Wildman–Crippen LogP) is 3.38. The molecule has 0 aliphatic carbocycles. The van der Waals surface area contributed by atoms with Gasteiger partial charge in [-0.25, -0.2) is 13.2 Å². The lowest BCUT2D eigenvalue weighted by atomic mass is 9.99. The molecule has 2 rings (SSSR count). The molecule has 6 heteroatoms. The highest BCUT2D eigenvalue weighted by molar-refractivity contribution is 5.77. The molecular weight excluding hydrogens is 283 g/mol. The molecule has 0 spiro atoms. The molecule has 0 saturated carbocycles. The Balaban J connectivity index is 2.17. The van der Waals surface area contributed by atoms with Gasteiger partial charge in [-0.05, 0) is 17.7 Å². The zero-order valence-corrected chi connectivity index (χ0v) is 10.8. The van der Waals surface area contributed by atoms with Gasteiger partial charge in [-0.3, -0.25) is 4.79 Å². The van der Waals surface area contributed by atoms with Gasteiger partial charge in [-0.2, -0.15) is 0 Å². The zero-order chi connectivity index (χ0) is 15.4. The van der Waals surface area contributed by atoms with E-state index in [0.717, 1.165) is 12.1 Å². The van der Waals surface area contributed by atoms with Gasteiger partial charge in [0.05, 0.1) is 11.6 Å². The average molecular weight is 295 g/mol. The van der Waals surface area contributed by atoms with Gasteiger partial charge in [0.25, 0.3) is 0 Å². The number of carboxylic acids is 1. The Bertz CT molecular complexity index is 647. The highest BCUT2D eigenvalue weighted by atomic mass is 19.2. The van der Waals surface area contributed by atoms with Crippen molar-refractivity contribution < 1.29 is 23.1 Å². The number of anilines is 1. The van der Waals surface area contributed by atoms with Crippen LogP contribution < -0.4 is 5.32 Å². The van der Waals surface area contributed by atoms with Gasteiger partial charge < -0.3 is 10.4 Å². The molecule has 110 valence electrons. The minimum Gasteiger partial charge on any atom is -0.481 e. The van der Waals surface area contributed by atoms with Crippen molar-refractivity contribution in [3.05, 3.63) is 65.5 Å². The first-order valence-corrected chi connectivity index (χ1v) is 6.16. The molecule has 3 nitrogen and oxygen atoms in total. The van der Waals surface area contributed by atoms with E-state index in [2.05, 4.69) is 5.32 Å². The number of aliphatic carboxylic acids is 1. The Morgan fingerprint density at radius 3 is 2.33 bits per heavy atom. The minimum atomic E-state index is -1.59. The summed E-state index contributed by atoms with van der Waals surface area (Å²) in [6.45, 7) is -0.151. The van der Waals surface area contributed by atoms with Gasteiger partial charge in [0.15, 0.2) is 17.5 Å². The highest BCUT2D eigenvalue weighted by Gasteiger charge is 2.21. The molecule has 1 atom stereocenters. The van der Waals surface area contributed by atoms with E-state index < -0.39 is 29.3 Å². The minimum absolute atomic E-state index is 0.151. The highest BCUT2D eigenvalue weighted by Crippen LogP contribution is 2.22. The molecular formula is C15H12F3NO2. The van der Waals surface area contributed by atoms with E-state index in [9.17, 15) is 23.1 Å². The third-order valence-corrected chi connectivity index (χ3v) is 3.03. The molecule has 0 amide bonds. The number of rotatable bonds is 5. The summed E-state index contributed by atoms with van der Waals surface area (Å²) in [6.07, 6.45) is 0. The van der Waals surface area contributed by atoms with Crippen LogP contribution in [0.1, 0.15) is 11.5 Å². The van der Waals surface area contributed by atoms with Crippen molar-refractivity contribution in [3.8, 4) is 0 Å². The third kappa shape index (κ3) is 3.34. The van der Waals surface area contributed by atoms with Crippen LogP contribution in [0.4, 0.5) is 18.9 Å². The second kappa shape index (κ2) is 6.30. The van der Waals surface area contributed by atoms with E-state index in [4.69, 9.17) is 0 Å². The normalized spacial score (nSPS) is 12.0. The summed E-state index contributed by atoms with van der Waals surface area (Å²) < 4.78 is 39.4. The molecule has 0 heterocycles. The lowest BCUT2D eigenvalue weighted by Gasteiger charge is -2.15. The monoisotopic (exact) mass is 295 g/mol. The molecule has 0 bridgehead atoms. The van der Waals surface area contributed by atoms with E-state index in [0.29, 0.717) is 5.56 Å². The van der Waals surface area contributed by atoms with Crippen molar-refractivity contribution in [2.75, 3.05) is 11.9 Å². The van der Waals surface area contributed by atoms with E-state index in [1.165, 1.54) is 0 Å². The van der Waals surface area contributed by atoms with Crippen molar-refractivity contribution in [1.82, 2.24) is 0 Å². The fraction of sp³-hybridized carbons (Fsp3) is 0.133. The van der Waals surface area contributed by atoms with Crippen molar-refractivity contribution in [2.45, 2.75) is 5.92 Å². The molecule has 2 N–H and O–H groups in total. The predicted molar refractivity (Wildman–Crippen MR) is 71.6 cm³/mol. The van der Waals surface area contributed by atoms with E-state index in [-0.39, 0.29) is 12.2 Å². The summed E-state index contributed by atoms with van der Waals surface area (Å²) in [5.41, 5.74) is 0.247. The van der Waals surface area contributed by atoms with E-state index >= 15 is 0 Å². The topological polar surface area (TPSA) is 49.3 Å². The number of carboxylic acid groups (broad SMARTS) is 1. The van der Waals surface area contributed by atoms with Crippen molar-refractivity contribution in [2.24, 2.45) is 0 Å². The average Bonchev–Trinajstić information content (AvgIpc) is 2.48. The summed E-state index contributed by atoms with van der Waals surface area (Å²) in [6, 6.07) is 10.2. The fourth-order valence-electron chi connectivity index (χ4n) is 1.91. The maximum Gasteiger partial charge on any atom is 0.312 e. The van der Waals surface area contributed by atoms with Crippen LogP contribution in [-0.2, 0) is 4.79 Å². The molecule has 0 radical (unpaired) electrons. The number of hydrogen-bond acceptors (Lipinski definition) is 2. The lowest BCUT2D eigenvalue weighted by molar-refractivity contribution is -0.138. The molecule has 0 fully saturated rings. The van der Waals surface area contributed by atoms with E-state index in [1.807, 2.05) is 0 Å². The van der Waals surface area contributed by atoms with Crippen molar-refractivity contribution in [1.29, 1.82) is 0 Å². The van der Waals surface area contributed by atoms with Gasteiger partial charge in [-0.1, -0.05) is 30.3 Å². The van der Waals surface area contributed by atoms with Crippen LogP contribution in [0.15, 0.2) is 42.5 Å². The second-order valence-electron chi connectivity index (χ2n) is 4.41. The van der Waals surface area contributed by atoms with Crippen LogP contribution in [0, 0.1) is 17.5 Å². The Morgan fingerprint density at radius 1 is 1.05 bits per heavy atom. The van der Waals surface area contributed by atoms with E-state index in [1.54, 1.807) is 30.3 Å². The van der Waals surface area contributed by atoms with Gasteiger partial charge in [0.1, 0.15) is 0 Å². The number of nitrogens with one attached hydrogen (secondary N) is 1. The maximum absolute atomic E-state index is 13.5. The van der Waals surface area contributed by atoms with Gasteiger partial charge in [-0.15, -0.1) is 0 Å². The number of carbonyl (C=O) groups is 1. The number of hydrogen-bond donors (Lipinski definition) is 2. The van der Waals surface area contributed by atoms with Crippen LogP contribution in [0.25, 0.3) is 0 Å². The smallest absolute Gasteiger partial charge is 0.312 e. The van der Waals surface area contributed by atoms with Gasteiger partial charge >= 0.3 is 5.97 Å². The summed E-state index contributed by atoms with van der Waals surface area (Å²) >= 11 is 0. The van der Waals surface area contributed by atoms with Crippen LogP contribution in [0.5, 0.6) is 0 Å². The standard InChI is InChI=1S/C15H12F3NO2/c16-11-6-7-12(14(18)13(11)17)19-8-10(15(20)21)9-4-2-1-3-5-9/h1-7,10,19H,8H2,(H,20,21). The van der Waals surface area contributed by atoms with Crippen molar-refractivity contribution in [3.63, 3.8) is 0 Å². The molecule has 0 aromatic heterocycles. The molecule has 0 aliphatic heterocycles. The largest absolute Gasteiger partial charge is 0.481 e. The summed E-state index contributed by atoms with van der Waals surface area (Å²) in [5, 5.41) is 11.7. The molecule has 2 aromatic carbocycles. The lowest BCUT2D eigenvalue weighted by Crippen LogP contribution is -2.21. The molecule has 0 saturated heterocycles. The quantitative estimate of drug-likeness (QED) is 0.831. The number of halogens is 3. The molecule has 0 aliphatic rings. The van der Waals surface area contributed by atoms with Crippen LogP contribution in [-0.4, -0.2) is 17.6 Å². The number of benzene rings is 2. The SMILES string of the molecule is O=C(O)C(CNc1ccc(F)c(F)c1F)c1ccccc1. The first-order valence-electron chi connectivity index (χ1n) is 6.16. The first kappa shape index (κ1) is 14.9. The molecule has 21 heavy (non-hydrogen) atoms. The van der Waals surface area contributed by atoms with Gasteiger partial charge in [0.2, 0.25) is 0 Å². The first-order chi connectivity index (χ1) is 10.0. The summed E-state index contributed by atoms with van der Waals surface area (Å²) in [5.74, 6) is -6.29. The third-order valence-electron chi connectivity index (χ3n) is 3.03. The van der Waals surface area contributed by atoms with Crippen LogP contribution >= 0.6 is 0 Å². The van der Waals surface area contributed by atoms with Crippen LogP contribution in [0.3, 0.4) is 0 Å².